The molecule has 21 heavy (non-hydrogen) atoms. The number of hydrogen-bond donors (Lipinski definition) is 2. The second kappa shape index (κ2) is 4.47. The highest BCUT2D eigenvalue weighted by molar-refractivity contribution is 5.78. The van der Waals surface area contributed by atoms with Gasteiger partial charge < -0.3 is 10.7 Å². The van der Waals surface area contributed by atoms with Crippen molar-refractivity contribution in [2.24, 2.45) is 0 Å². The van der Waals surface area contributed by atoms with Gasteiger partial charge in [0.2, 0.25) is 0 Å². The van der Waals surface area contributed by atoms with Gasteiger partial charge in [-0.1, -0.05) is 12.1 Å². The smallest absolute Gasteiger partial charge is 0.397 e. The number of aryl methyl sites for hydroxylation is 1. The summed E-state index contributed by atoms with van der Waals surface area (Å²) in [6, 6.07) is 5.73. The number of nitrogens with two attached hydrogens (primary N) is 1. The number of pyridine rings is 1. The molecule has 7 heteroatoms. The van der Waals surface area contributed by atoms with Crippen LogP contribution < -0.4 is 5.73 Å². The number of imidazole rings is 1. The molecule has 3 aromatic rings. The van der Waals surface area contributed by atoms with Crippen molar-refractivity contribution in [1.29, 1.82) is 0 Å². The van der Waals surface area contributed by atoms with Gasteiger partial charge >= 0.3 is 6.18 Å². The zero-order valence-corrected chi connectivity index (χ0v) is 11.0. The van der Waals surface area contributed by atoms with Crippen molar-refractivity contribution < 1.29 is 13.2 Å². The van der Waals surface area contributed by atoms with E-state index in [9.17, 15) is 13.2 Å². The molecule has 3 rings (SSSR count). The summed E-state index contributed by atoms with van der Waals surface area (Å²) in [5, 5.41) is 0. The second-order valence-corrected chi connectivity index (χ2v) is 4.75. The standard InChI is InChI=1S/C14H11F3N4/c1-7-2-3-8(4-10(7)14(15,16)17)12-20-11-5-9(18)6-19-13(11)21-12/h2-6H,18H2,1H3,(H,19,20,21). The summed E-state index contributed by atoms with van der Waals surface area (Å²) in [7, 11) is 0. The van der Waals surface area contributed by atoms with Crippen LogP contribution in [0.2, 0.25) is 0 Å². The van der Waals surface area contributed by atoms with Crippen molar-refractivity contribution in [3.8, 4) is 11.4 Å². The monoisotopic (exact) mass is 292 g/mol. The van der Waals surface area contributed by atoms with Gasteiger partial charge in [0.05, 0.1) is 23.0 Å². The Labute approximate surface area is 117 Å². The first-order valence-corrected chi connectivity index (χ1v) is 6.14. The van der Waals surface area contributed by atoms with E-state index < -0.39 is 11.7 Å². The lowest BCUT2D eigenvalue weighted by molar-refractivity contribution is -0.138. The molecule has 0 aliphatic carbocycles. The van der Waals surface area contributed by atoms with Crippen molar-refractivity contribution in [1.82, 2.24) is 15.0 Å². The number of rotatable bonds is 1. The summed E-state index contributed by atoms with van der Waals surface area (Å²) >= 11 is 0. The van der Waals surface area contributed by atoms with Gasteiger partial charge in [-0.05, 0) is 24.6 Å². The fraction of sp³-hybridized carbons (Fsp3) is 0.143. The molecule has 2 heterocycles. The van der Waals surface area contributed by atoms with Crippen molar-refractivity contribution >= 4 is 16.9 Å². The van der Waals surface area contributed by atoms with Crippen LogP contribution in [0.15, 0.2) is 30.5 Å². The normalized spacial score (nSPS) is 12.0. The van der Waals surface area contributed by atoms with Gasteiger partial charge in [-0.2, -0.15) is 13.2 Å². The topological polar surface area (TPSA) is 67.6 Å². The molecule has 0 aliphatic rings. The SMILES string of the molecule is Cc1ccc(-c2nc3ncc(N)cc3[nH]2)cc1C(F)(F)F. The fourth-order valence-electron chi connectivity index (χ4n) is 2.13. The van der Waals surface area contributed by atoms with E-state index in [2.05, 4.69) is 15.0 Å². The number of aromatic nitrogens is 3. The first kappa shape index (κ1) is 13.4. The summed E-state index contributed by atoms with van der Waals surface area (Å²) < 4.78 is 38.8. The van der Waals surface area contributed by atoms with E-state index in [0.29, 0.717) is 28.2 Å². The van der Waals surface area contributed by atoms with E-state index in [0.717, 1.165) is 6.07 Å². The number of nitrogens with one attached hydrogen (secondary N) is 1. The molecule has 0 saturated heterocycles. The number of nitrogens with zero attached hydrogens (tertiary/aromatic N) is 2. The first-order chi connectivity index (χ1) is 9.84. The zero-order valence-electron chi connectivity index (χ0n) is 11.0. The molecular formula is C14H11F3N4. The highest BCUT2D eigenvalue weighted by atomic mass is 19.4. The van der Waals surface area contributed by atoms with E-state index in [-0.39, 0.29) is 5.56 Å². The number of nitrogen functional groups attached to an aromatic ring is 1. The molecule has 1 aromatic carbocycles. The van der Waals surface area contributed by atoms with Gasteiger partial charge in [-0.15, -0.1) is 0 Å². The quantitative estimate of drug-likeness (QED) is 0.721. The van der Waals surface area contributed by atoms with Crippen LogP contribution in [0, 0.1) is 6.92 Å². The lowest BCUT2D eigenvalue weighted by atomic mass is 10.0. The van der Waals surface area contributed by atoms with E-state index in [1.165, 1.54) is 19.2 Å². The summed E-state index contributed by atoms with van der Waals surface area (Å²) in [6.45, 7) is 1.42. The Bertz CT molecular complexity index is 821. The molecule has 3 N–H and O–H groups in total. The van der Waals surface area contributed by atoms with Gasteiger partial charge in [0.15, 0.2) is 5.65 Å². The van der Waals surface area contributed by atoms with Gasteiger partial charge in [0.25, 0.3) is 0 Å². The predicted molar refractivity (Wildman–Crippen MR) is 73.5 cm³/mol. The molecule has 0 unspecified atom stereocenters. The number of benzene rings is 1. The lowest BCUT2D eigenvalue weighted by Crippen LogP contribution is -2.07. The maximum Gasteiger partial charge on any atom is 0.416 e. The Hall–Kier alpha value is -2.57. The molecule has 0 saturated carbocycles. The average Bonchev–Trinajstić information content (AvgIpc) is 2.80. The Morgan fingerprint density at radius 2 is 1.95 bits per heavy atom. The van der Waals surface area contributed by atoms with Crippen LogP contribution in [-0.2, 0) is 6.18 Å². The number of alkyl halides is 3. The number of fused-ring (bicyclic) bond motifs is 1. The fourth-order valence-corrected chi connectivity index (χ4v) is 2.13. The van der Waals surface area contributed by atoms with E-state index in [4.69, 9.17) is 5.73 Å². The number of anilines is 1. The first-order valence-electron chi connectivity index (χ1n) is 6.14. The Morgan fingerprint density at radius 1 is 1.19 bits per heavy atom. The molecule has 0 bridgehead atoms. The highest BCUT2D eigenvalue weighted by Crippen LogP contribution is 2.34. The molecule has 0 aliphatic heterocycles. The van der Waals surface area contributed by atoms with Crippen LogP contribution in [0.25, 0.3) is 22.6 Å². The van der Waals surface area contributed by atoms with Crippen LogP contribution >= 0.6 is 0 Å². The predicted octanol–water partition coefficient (Wildman–Crippen LogP) is 3.53. The molecular weight excluding hydrogens is 281 g/mol. The van der Waals surface area contributed by atoms with Crippen molar-refractivity contribution in [3.63, 3.8) is 0 Å². The lowest BCUT2D eigenvalue weighted by Gasteiger charge is -2.11. The van der Waals surface area contributed by atoms with E-state index in [1.54, 1.807) is 12.1 Å². The minimum Gasteiger partial charge on any atom is -0.397 e. The Morgan fingerprint density at radius 3 is 2.67 bits per heavy atom. The second-order valence-electron chi connectivity index (χ2n) is 4.75. The van der Waals surface area contributed by atoms with E-state index >= 15 is 0 Å². The van der Waals surface area contributed by atoms with E-state index in [1.807, 2.05) is 0 Å². The molecule has 0 spiro atoms. The summed E-state index contributed by atoms with van der Waals surface area (Å²) in [6.07, 6.45) is -2.95. The maximum atomic E-state index is 12.9. The molecule has 0 atom stereocenters. The molecule has 4 nitrogen and oxygen atoms in total. The molecule has 2 aromatic heterocycles. The van der Waals surface area contributed by atoms with Crippen molar-refractivity contribution in [3.05, 3.63) is 41.6 Å². The van der Waals surface area contributed by atoms with Gasteiger partial charge in [-0.25, -0.2) is 9.97 Å². The molecule has 108 valence electrons. The van der Waals surface area contributed by atoms with Crippen LogP contribution in [0.3, 0.4) is 0 Å². The van der Waals surface area contributed by atoms with Crippen LogP contribution in [0.4, 0.5) is 18.9 Å². The van der Waals surface area contributed by atoms with Crippen molar-refractivity contribution in [2.75, 3.05) is 5.73 Å². The van der Waals surface area contributed by atoms with Crippen LogP contribution in [-0.4, -0.2) is 15.0 Å². The van der Waals surface area contributed by atoms with Crippen molar-refractivity contribution in [2.45, 2.75) is 13.1 Å². The highest BCUT2D eigenvalue weighted by Gasteiger charge is 2.32. The minimum atomic E-state index is -4.39. The van der Waals surface area contributed by atoms with Crippen LogP contribution in [0.1, 0.15) is 11.1 Å². The number of H-pyrrole nitrogens is 1. The Balaban J connectivity index is 2.14. The third-order valence-electron chi connectivity index (χ3n) is 3.17. The number of halogens is 3. The number of aromatic amines is 1. The average molecular weight is 292 g/mol. The minimum absolute atomic E-state index is 0.171. The van der Waals surface area contributed by atoms with Gasteiger partial charge in [0.1, 0.15) is 5.82 Å². The van der Waals surface area contributed by atoms with Gasteiger partial charge in [-0.3, -0.25) is 0 Å². The molecule has 0 radical (unpaired) electrons. The van der Waals surface area contributed by atoms with Crippen LogP contribution in [0.5, 0.6) is 0 Å². The molecule has 0 fully saturated rings. The van der Waals surface area contributed by atoms with Gasteiger partial charge in [0, 0.05) is 5.56 Å². The summed E-state index contributed by atoms with van der Waals surface area (Å²) in [5.41, 5.74) is 6.91. The largest absolute Gasteiger partial charge is 0.416 e. The maximum absolute atomic E-state index is 12.9. The zero-order chi connectivity index (χ0) is 15.2. The summed E-state index contributed by atoms with van der Waals surface area (Å²) in [4.78, 5) is 11.1. The summed E-state index contributed by atoms with van der Waals surface area (Å²) in [5.74, 6) is 0.327. The Kier molecular flexibility index (Phi) is 2.86. The number of hydrogen-bond acceptors (Lipinski definition) is 3. The third-order valence-corrected chi connectivity index (χ3v) is 3.17. The molecule has 0 amide bonds. The third kappa shape index (κ3) is 2.42.